The first-order chi connectivity index (χ1) is 11.1. The molecule has 1 aromatic carbocycles. The van der Waals surface area contributed by atoms with Crippen LogP contribution in [0.4, 0.5) is 0 Å². The van der Waals surface area contributed by atoms with Crippen LogP contribution in [-0.2, 0) is 6.54 Å². The second-order valence-electron chi connectivity index (χ2n) is 5.91. The molecule has 7 heteroatoms. The molecule has 3 rings (SSSR count). The van der Waals surface area contributed by atoms with E-state index in [0.29, 0.717) is 25.0 Å². The van der Waals surface area contributed by atoms with E-state index in [0.717, 1.165) is 28.4 Å². The number of nitrogens with one attached hydrogen (secondary N) is 1. The van der Waals surface area contributed by atoms with Gasteiger partial charge in [-0.2, -0.15) is 0 Å². The van der Waals surface area contributed by atoms with Gasteiger partial charge in [-0.05, 0) is 6.07 Å². The Morgan fingerprint density at radius 2 is 2.25 bits per heavy atom. The summed E-state index contributed by atoms with van der Waals surface area (Å²) in [7, 11) is 0. The number of para-hydroxylation sites is 1. The maximum atomic E-state index is 6.05. The number of aromatic nitrogens is 1. The lowest BCUT2D eigenvalue weighted by molar-refractivity contribution is 0.262. The number of benzene rings is 1. The van der Waals surface area contributed by atoms with Crippen LogP contribution in [0.5, 0.6) is 5.75 Å². The third kappa shape index (κ3) is 4.60. The summed E-state index contributed by atoms with van der Waals surface area (Å²) in [4.78, 5) is 8.99. The molecule has 2 aromatic rings. The molecule has 0 saturated carbocycles. The van der Waals surface area contributed by atoms with Crippen LogP contribution in [0.15, 0.2) is 34.6 Å². The van der Waals surface area contributed by atoms with Gasteiger partial charge in [0.1, 0.15) is 5.75 Å². The van der Waals surface area contributed by atoms with Crippen molar-refractivity contribution < 1.29 is 4.74 Å². The zero-order chi connectivity index (χ0) is 16.2. The maximum absolute atomic E-state index is 6.05. The van der Waals surface area contributed by atoms with Crippen LogP contribution >= 0.6 is 35.3 Å². The van der Waals surface area contributed by atoms with Crippen molar-refractivity contribution in [1.29, 1.82) is 0 Å². The van der Waals surface area contributed by atoms with Gasteiger partial charge in [0.05, 0.1) is 29.9 Å². The van der Waals surface area contributed by atoms with Crippen molar-refractivity contribution in [3.63, 3.8) is 0 Å². The van der Waals surface area contributed by atoms with Gasteiger partial charge in [0.25, 0.3) is 0 Å². The molecule has 0 spiro atoms. The fraction of sp³-hybridized carbons (Fsp3) is 0.412. The average Bonchev–Trinajstić information content (AvgIpc) is 3.03. The Morgan fingerprint density at radius 1 is 1.46 bits per heavy atom. The Balaban J connectivity index is 0.00000208. The largest absolute Gasteiger partial charge is 0.493 e. The fourth-order valence-electron chi connectivity index (χ4n) is 2.54. The molecule has 0 amide bonds. The zero-order valence-electron chi connectivity index (χ0n) is 13.9. The summed E-state index contributed by atoms with van der Waals surface area (Å²) in [6.07, 6.45) is 0.876. The van der Waals surface area contributed by atoms with Gasteiger partial charge >= 0.3 is 0 Å². The summed E-state index contributed by atoms with van der Waals surface area (Å²) < 4.78 is 5.66. The van der Waals surface area contributed by atoms with E-state index >= 15 is 0 Å². The summed E-state index contributed by atoms with van der Waals surface area (Å²) in [6, 6.07) is 8.18. The minimum atomic E-state index is 0. The SMILES string of the molecule is CC(C)c1nc(CN=C(N)NC2CCOc3ccccc32)cs1.I. The Bertz CT molecular complexity index is 701. The van der Waals surface area contributed by atoms with E-state index in [1.165, 1.54) is 0 Å². The molecular weight excluding hydrogens is 435 g/mol. The normalized spacial score (nSPS) is 17.0. The van der Waals surface area contributed by atoms with Crippen LogP contribution in [-0.4, -0.2) is 17.6 Å². The van der Waals surface area contributed by atoms with Gasteiger partial charge in [0.2, 0.25) is 0 Å². The van der Waals surface area contributed by atoms with Crippen molar-refractivity contribution in [3.05, 3.63) is 45.9 Å². The highest BCUT2D eigenvalue weighted by Crippen LogP contribution is 2.31. The number of guanidine groups is 1. The summed E-state index contributed by atoms with van der Waals surface area (Å²) in [5.74, 6) is 1.82. The van der Waals surface area contributed by atoms with Gasteiger partial charge in [0, 0.05) is 23.3 Å². The third-order valence-corrected chi connectivity index (χ3v) is 4.95. The molecule has 2 heterocycles. The molecule has 0 aliphatic carbocycles. The number of nitrogens with zero attached hydrogens (tertiary/aromatic N) is 2. The van der Waals surface area contributed by atoms with Crippen LogP contribution in [0.25, 0.3) is 0 Å². The van der Waals surface area contributed by atoms with E-state index in [9.17, 15) is 0 Å². The molecule has 1 aliphatic rings. The minimum Gasteiger partial charge on any atom is -0.493 e. The van der Waals surface area contributed by atoms with Crippen molar-refractivity contribution in [2.24, 2.45) is 10.7 Å². The molecule has 5 nitrogen and oxygen atoms in total. The highest BCUT2D eigenvalue weighted by atomic mass is 127. The van der Waals surface area contributed by atoms with Crippen molar-refractivity contribution in [2.75, 3.05) is 6.61 Å². The predicted octanol–water partition coefficient (Wildman–Crippen LogP) is 3.81. The quantitative estimate of drug-likeness (QED) is 0.415. The lowest BCUT2D eigenvalue weighted by Gasteiger charge is -2.26. The molecule has 24 heavy (non-hydrogen) atoms. The fourth-order valence-corrected chi connectivity index (χ4v) is 3.37. The number of rotatable bonds is 4. The molecule has 1 atom stereocenters. The number of thiazole rings is 1. The first kappa shape index (κ1) is 19.0. The molecule has 1 unspecified atom stereocenters. The highest BCUT2D eigenvalue weighted by molar-refractivity contribution is 14.0. The first-order valence-electron chi connectivity index (χ1n) is 7.86. The average molecular weight is 458 g/mol. The summed E-state index contributed by atoms with van der Waals surface area (Å²) >= 11 is 1.68. The molecule has 0 fully saturated rings. The molecule has 0 saturated heterocycles. The molecule has 0 bridgehead atoms. The number of aliphatic imine (C=N–C) groups is 1. The highest BCUT2D eigenvalue weighted by Gasteiger charge is 2.21. The Kier molecular flexibility index (Phi) is 6.85. The Morgan fingerprint density at radius 3 is 3.00 bits per heavy atom. The zero-order valence-corrected chi connectivity index (χ0v) is 17.0. The Labute approximate surface area is 163 Å². The summed E-state index contributed by atoms with van der Waals surface area (Å²) in [5.41, 5.74) is 8.15. The van der Waals surface area contributed by atoms with Crippen LogP contribution in [0.3, 0.4) is 0 Å². The number of fused-ring (bicyclic) bond motifs is 1. The molecule has 1 aromatic heterocycles. The van der Waals surface area contributed by atoms with Crippen molar-refractivity contribution in [3.8, 4) is 5.75 Å². The Hall–Kier alpha value is -1.35. The summed E-state index contributed by atoms with van der Waals surface area (Å²) in [6.45, 7) is 5.48. The van der Waals surface area contributed by atoms with E-state index < -0.39 is 0 Å². The van der Waals surface area contributed by atoms with Gasteiger partial charge in [-0.3, -0.25) is 0 Å². The van der Waals surface area contributed by atoms with Gasteiger partial charge in [-0.1, -0.05) is 32.0 Å². The molecule has 130 valence electrons. The van der Waals surface area contributed by atoms with Crippen molar-refractivity contribution in [1.82, 2.24) is 10.3 Å². The number of ether oxygens (including phenoxy) is 1. The van der Waals surface area contributed by atoms with Gasteiger partial charge in [-0.25, -0.2) is 9.98 Å². The molecular formula is C17H23IN4OS. The minimum absolute atomic E-state index is 0. The van der Waals surface area contributed by atoms with Crippen LogP contribution in [0.1, 0.15) is 48.5 Å². The second kappa shape index (κ2) is 8.66. The van der Waals surface area contributed by atoms with Crippen LogP contribution in [0, 0.1) is 0 Å². The van der Waals surface area contributed by atoms with Gasteiger partial charge in [-0.15, -0.1) is 35.3 Å². The second-order valence-corrected chi connectivity index (χ2v) is 6.79. The maximum Gasteiger partial charge on any atom is 0.189 e. The molecule has 1 aliphatic heterocycles. The number of halogens is 1. The van der Waals surface area contributed by atoms with E-state index in [-0.39, 0.29) is 30.0 Å². The topological polar surface area (TPSA) is 72.5 Å². The molecule has 0 radical (unpaired) electrons. The van der Waals surface area contributed by atoms with E-state index in [1.807, 2.05) is 18.2 Å². The summed E-state index contributed by atoms with van der Waals surface area (Å²) in [5, 5.41) is 6.49. The van der Waals surface area contributed by atoms with E-state index in [1.54, 1.807) is 11.3 Å². The number of nitrogens with two attached hydrogens (primary N) is 1. The predicted molar refractivity (Wildman–Crippen MR) is 109 cm³/mol. The number of hydrogen-bond donors (Lipinski definition) is 2. The van der Waals surface area contributed by atoms with Gasteiger partial charge in [0.15, 0.2) is 5.96 Å². The lowest BCUT2D eigenvalue weighted by Crippen LogP contribution is -2.37. The third-order valence-electron chi connectivity index (χ3n) is 3.76. The number of hydrogen-bond acceptors (Lipinski definition) is 4. The molecule has 3 N–H and O–H groups in total. The standard InChI is InChI=1S/C17H22N4OS.HI/c1-11(2)16-20-12(10-23-16)9-19-17(18)21-14-7-8-22-15-6-4-3-5-13(14)15;/h3-6,10-11,14H,7-9H2,1-2H3,(H3,18,19,21);1H. The smallest absolute Gasteiger partial charge is 0.189 e. The van der Waals surface area contributed by atoms with E-state index in [4.69, 9.17) is 10.5 Å². The van der Waals surface area contributed by atoms with E-state index in [2.05, 4.69) is 40.6 Å². The van der Waals surface area contributed by atoms with Crippen molar-refractivity contribution in [2.45, 2.75) is 38.8 Å². The van der Waals surface area contributed by atoms with Crippen LogP contribution < -0.4 is 15.8 Å². The first-order valence-corrected chi connectivity index (χ1v) is 8.74. The monoisotopic (exact) mass is 458 g/mol. The van der Waals surface area contributed by atoms with Crippen molar-refractivity contribution >= 4 is 41.3 Å². The lowest BCUT2D eigenvalue weighted by atomic mass is 10.0. The van der Waals surface area contributed by atoms with Gasteiger partial charge < -0.3 is 15.8 Å². The van der Waals surface area contributed by atoms with Crippen LogP contribution in [0.2, 0.25) is 0 Å².